The summed E-state index contributed by atoms with van der Waals surface area (Å²) in [5.74, 6) is -0.570. The van der Waals surface area contributed by atoms with E-state index in [1.54, 1.807) is 6.07 Å². The number of benzene rings is 2. The van der Waals surface area contributed by atoms with E-state index in [0.717, 1.165) is 18.4 Å². The van der Waals surface area contributed by atoms with Gasteiger partial charge in [-0.1, -0.05) is 0 Å². The molecule has 0 spiro atoms. The van der Waals surface area contributed by atoms with Gasteiger partial charge in [-0.05, 0) is 31.2 Å². The van der Waals surface area contributed by atoms with Gasteiger partial charge in [-0.25, -0.2) is 17.2 Å². The summed E-state index contributed by atoms with van der Waals surface area (Å²) in [7, 11) is -3.70. The fraction of sp³-hybridized carbons (Fsp3) is 0.278. The molecule has 1 aliphatic rings. The van der Waals surface area contributed by atoms with Crippen molar-refractivity contribution in [3.05, 3.63) is 52.8 Å². The highest BCUT2D eigenvalue weighted by molar-refractivity contribution is 7.90. The molecule has 0 bridgehead atoms. The summed E-state index contributed by atoms with van der Waals surface area (Å²) < 4.78 is 57.8. The first-order chi connectivity index (χ1) is 12.0. The highest BCUT2D eigenvalue weighted by Gasteiger charge is 2.46. The Balaban J connectivity index is 2.15. The smallest absolute Gasteiger partial charge is 0.175 e. The van der Waals surface area contributed by atoms with Crippen LogP contribution in [0.4, 0.5) is 8.78 Å². The highest BCUT2D eigenvalue weighted by Crippen LogP contribution is 2.48. The number of ether oxygens (including phenoxy) is 1. The fourth-order valence-corrected chi connectivity index (χ4v) is 4.03. The average molecular weight is 379 g/mol. The molecule has 0 fully saturated rings. The molecular formula is C18H15F2NO4S. The molecule has 1 aliphatic carbocycles. The summed E-state index contributed by atoms with van der Waals surface area (Å²) in [5.41, 5.74) is -1.87. The molecule has 0 heterocycles. The van der Waals surface area contributed by atoms with Crippen molar-refractivity contribution in [2.24, 2.45) is 0 Å². The van der Waals surface area contributed by atoms with Crippen LogP contribution < -0.4 is 4.74 Å². The van der Waals surface area contributed by atoms with Crippen LogP contribution in [0.5, 0.6) is 11.5 Å². The lowest BCUT2D eigenvalue weighted by molar-refractivity contribution is 0.0166. The minimum Gasteiger partial charge on any atom is -0.457 e. The van der Waals surface area contributed by atoms with Gasteiger partial charge in [0.15, 0.2) is 9.84 Å². The second-order valence-electron chi connectivity index (χ2n) is 6.47. The zero-order valence-corrected chi connectivity index (χ0v) is 14.8. The van der Waals surface area contributed by atoms with Crippen molar-refractivity contribution in [2.45, 2.75) is 30.0 Å². The average Bonchev–Trinajstić information content (AvgIpc) is 2.77. The van der Waals surface area contributed by atoms with E-state index in [9.17, 15) is 22.3 Å². The van der Waals surface area contributed by atoms with Gasteiger partial charge in [0, 0.05) is 29.9 Å². The quantitative estimate of drug-likeness (QED) is 0.885. The van der Waals surface area contributed by atoms with Crippen LogP contribution in [0.15, 0.2) is 35.2 Å². The molecule has 2 atom stereocenters. The lowest BCUT2D eigenvalue weighted by Crippen LogP contribution is -2.24. The Kier molecular flexibility index (Phi) is 4.25. The first kappa shape index (κ1) is 18.3. The third kappa shape index (κ3) is 3.16. The number of nitriles is 1. The minimum atomic E-state index is -3.70. The highest BCUT2D eigenvalue weighted by atomic mass is 32.2. The van der Waals surface area contributed by atoms with E-state index in [4.69, 9.17) is 10.00 Å². The maximum absolute atomic E-state index is 14.7. The molecule has 2 aromatic carbocycles. The molecule has 0 unspecified atom stereocenters. The molecule has 2 aromatic rings. The molecule has 3 rings (SSSR count). The zero-order chi connectivity index (χ0) is 19.3. The first-order valence-corrected chi connectivity index (χ1v) is 9.53. The maximum atomic E-state index is 14.7. The van der Waals surface area contributed by atoms with Crippen molar-refractivity contribution < 1.29 is 27.0 Å². The van der Waals surface area contributed by atoms with Gasteiger partial charge in [-0.3, -0.25) is 0 Å². The topological polar surface area (TPSA) is 87.4 Å². The standard InChI is InChI=1S/C18H15F2NO4S/c1-18(20)8-13-14(25-12-6-10(9-21)5-11(19)7-12)3-4-15(26(2,23)24)16(13)17(18)22/h3-7,17,22H,8H2,1-2H3/t17-,18-/m0/s1. The number of rotatable bonds is 3. The Morgan fingerprint density at radius 2 is 2.04 bits per heavy atom. The van der Waals surface area contributed by atoms with E-state index in [0.29, 0.717) is 0 Å². The second kappa shape index (κ2) is 6.04. The molecule has 0 aromatic heterocycles. The predicted molar refractivity (Wildman–Crippen MR) is 88.9 cm³/mol. The zero-order valence-electron chi connectivity index (χ0n) is 14.0. The number of halogens is 2. The van der Waals surface area contributed by atoms with Gasteiger partial charge in [-0.15, -0.1) is 0 Å². The van der Waals surface area contributed by atoms with Crippen molar-refractivity contribution in [3.63, 3.8) is 0 Å². The minimum absolute atomic E-state index is 0.0119. The van der Waals surface area contributed by atoms with Crippen molar-refractivity contribution in [3.8, 4) is 17.6 Å². The van der Waals surface area contributed by atoms with Crippen molar-refractivity contribution in [1.82, 2.24) is 0 Å². The molecule has 0 saturated heterocycles. The SMILES string of the molecule is C[C@]1(F)Cc2c(Oc3cc(F)cc(C#N)c3)ccc(S(C)(=O)=O)c2[C@@H]1O. The van der Waals surface area contributed by atoms with Crippen molar-refractivity contribution in [1.29, 1.82) is 5.26 Å². The Morgan fingerprint density at radius 3 is 2.65 bits per heavy atom. The van der Waals surface area contributed by atoms with E-state index in [1.807, 2.05) is 0 Å². The van der Waals surface area contributed by atoms with E-state index in [1.165, 1.54) is 25.1 Å². The number of aliphatic hydroxyl groups excluding tert-OH is 1. The number of hydrogen-bond acceptors (Lipinski definition) is 5. The number of hydrogen-bond donors (Lipinski definition) is 1. The Hall–Kier alpha value is -2.50. The number of sulfone groups is 1. The first-order valence-electron chi connectivity index (χ1n) is 7.64. The second-order valence-corrected chi connectivity index (χ2v) is 8.46. The monoisotopic (exact) mass is 379 g/mol. The molecular weight excluding hydrogens is 364 g/mol. The van der Waals surface area contributed by atoms with Crippen LogP contribution in [-0.4, -0.2) is 25.4 Å². The Morgan fingerprint density at radius 1 is 1.35 bits per heavy atom. The third-order valence-electron chi connectivity index (χ3n) is 4.27. The fourth-order valence-electron chi connectivity index (χ4n) is 3.08. The van der Waals surface area contributed by atoms with Gasteiger partial charge >= 0.3 is 0 Å². The van der Waals surface area contributed by atoms with E-state index >= 15 is 0 Å². The summed E-state index contributed by atoms with van der Waals surface area (Å²) in [5, 5.41) is 19.2. The molecule has 0 saturated carbocycles. The molecule has 5 nitrogen and oxygen atoms in total. The van der Waals surface area contributed by atoms with Gasteiger partial charge < -0.3 is 9.84 Å². The van der Waals surface area contributed by atoms with Crippen LogP contribution in [0.3, 0.4) is 0 Å². The van der Waals surface area contributed by atoms with Gasteiger partial charge in [0.1, 0.15) is 29.1 Å². The lowest BCUT2D eigenvalue weighted by Gasteiger charge is -2.18. The summed E-state index contributed by atoms with van der Waals surface area (Å²) in [6, 6.07) is 7.74. The molecule has 8 heteroatoms. The normalized spacial score (nSPS) is 21.9. The van der Waals surface area contributed by atoms with Crippen LogP contribution in [0.2, 0.25) is 0 Å². The molecule has 1 N–H and O–H groups in total. The van der Waals surface area contributed by atoms with E-state index in [2.05, 4.69) is 0 Å². The number of aliphatic hydroxyl groups is 1. The molecule has 136 valence electrons. The molecule has 0 aliphatic heterocycles. The largest absolute Gasteiger partial charge is 0.457 e. The van der Waals surface area contributed by atoms with E-state index in [-0.39, 0.29) is 39.5 Å². The van der Waals surface area contributed by atoms with Crippen LogP contribution in [0.25, 0.3) is 0 Å². The molecule has 0 amide bonds. The summed E-state index contributed by atoms with van der Waals surface area (Å²) in [6.45, 7) is 1.17. The predicted octanol–water partition coefficient (Wildman–Crippen LogP) is 3.21. The van der Waals surface area contributed by atoms with Crippen molar-refractivity contribution in [2.75, 3.05) is 6.26 Å². The summed E-state index contributed by atoms with van der Waals surface area (Å²) in [6.07, 6.45) is -0.925. The lowest BCUT2D eigenvalue weighted by atomic mass is 10.0. The van der Waals surface area contributed by atoms with E-state index < -0.39 is 27.4 Å². The Bertz CT molecular complexity index is 1040. The van der Waals surface area contributed by atoms with Crippen molar-refractivity contribution >= 4 is 9.84 Å². The molecule has 26 heavy (non-hydrogen) atoms. The van der Waals surface area contributed by atoms with Gasteiger partial charge in [0.2, 0.25) is 0 Å². The van der Waals surface area contributed by atoms with Crippen LogP contribution in [-0.2, 0) is 16.3 Å². The third-order valence-corrected chi connectivity index (χ3v) is 5.42. The molecule has 0 radical (unpaired) electrons. The van der Waals surface area contributed by atoms with Gasteiger partial charge in [0.05, 0.1) is 16.5 Å². The summed E-state index contributed by atoms with van der Waals surface area (Å²) in [4.78, 5) is -0.175. The summed E-state index contributed by atoms with van der Waals surface area (Å²) >= 11 is 0. The van der Waals surface area contributed by atoms with Crippen LogP contribution >= 0.6 is 0 Å². The van der Waals surface area contributed by atoms with Crippen LogP contribution in [0, 0.1) is 17.1 Å². The van der Waals surface area contributed by atoms with Crippen LogP contribution in [0.1, 0.15) is 29.7 Å². The number of nitrogens with zero attached hydrogens (tertiary/aromatic N) is 1. The number of fused-ring (bicyclic) bond motifs is 1. The maximum Gasteiger partial charge on any atom is 0.175 e. The van der Waals surface area contributed by atoms with Gasteiger partial charge in [0.25, 0.3) is 0 Å². The van der Waals surface area contributed by atoms with Gasteiger partial charge in [-0.2, -0.15) is 5.26 Å². The Labute approximate surface area is 149 Å². The number of alkyl halides is 1.